The lowest BCUT2D eigenvalue weighted by Gasteiger charge is -2.36. The van der Waals surface area contributed by atoms with Crippen LogP contribution in [-0.4, -0.2) is 36.4 Å². The monoisotopic (exact) mass is 236 g/mol. The molecule has 1 aliphatic carbocycles. The van der Waals surface area contributed by atoms with E-state index in [-0.39, 0.29) is 12.1 Å². The summed E-state index contributed by atoms with van der Waals surface area (Å²) in [4.78, 5) is 6.23. The van der Waals surface area contributed by atoms with Gasteiger partial charge in [0.25, 0.3) is 0 Å². The number of aliphatic hydroxyl groups is 1. The number of hydrogen-bond acceptors (Lipinski definition) is 4. The van der Waals surface area contributed by atoms with E-state index in [2.05, 4.69) is 9.88 Å². The second-order valence-corrected chi connectivity index (χ2v) is 4.59. The first-order valence-electron chi connectivity index (χ1n) is 6.13. The van der Waals surface area contributed by atoms with Gasteiger partial charge in [0, 0.05) is 25.0 Å². The van der Waals surface area contributed by atoms with Gasteiger partial charge in [0.2, 0.25) is 5.88 Å². The molecule has 0 aliphatic heterocycles. The SMILES string of the molecule is COc1cc(N(C)C2CCCCC2O)ccn1. The van der Waals surface area contributed by atoms with Crippen LogP contribution >= 0.6 is 0 Å². The maximum atomic E-state index is 10.0. The molecule has 2 rings (SSSR count). The molecular formula is C13H20N2O2. The summed E-state index contributed by atoms with van der Waals surface area (Å²) < 4.78 is 5.12. The van der Waals surface area contributed by atoms with Gasteiger partial charge in [-0.3, -0.25) is 0 Å². The van der Waals surface area contributed by atoms with Crippen LogP contribution in [0.15, 0.2) is 18.3 Å². The molecule has 1 aromatic rings. The lowest BCUT2D eigenvalue weighted by Crippen LogP contribution is -2.43. The molecule has 4 nitrogen and oxygen atoms in total. The Morgan fingerprint density at radius 3 is 2.88 bits per heavy atom. The summed E-state index contributed by atoms with van der Waals surface area (Å²) in [7, 11) is 3.63. The molecule has 1 heterocycles. The summed E-state index contributed by atoms with van der Waals surface area (Å²) in [6, 6.07) is 4.06. The molecule has 1 fully saturated rings. The third-order valence-corrected chi connectivity index (χ3v) is 3.53. The first-order chi connectivity index (χ1) is 8.22. The first kappa shape index (κ1) is 12.2. The fraction of sp³-hybridized carbons (Fsp3) is 0.615. The molecule has 94 valence electrons. The zero-order valence-corrected chi connectivity index (χ0v) is 10.5. The third kappa shape index (κ3) is 2.69. The van der Waals surface area contributed by atoms with E-state index < -0.39 is 0 Å². The van der Waals surface area contributed by atoms with Crippen molar-refractivity contribution in [3.05, 3.63) is 18.3 Å². The van der Waals surface area contributed by atoms with Crippen molar-refractivity contribution < 1.29 is 9.84 Å². The van der Waals surface area contributed by atoms with E-state index in [1.54, 1.807) is 13.3 Å². The van der Waals surface area contributed by atoms with Gasteiger partial charge in [0.1, 0.15) is 0 Å². The van der Waals surface area contributed by atoms with Crippen LogP contribution in [0.3, 0.4) is 0 Å². The Kier molecular flexibility index (Phi) is 3.84. The van der Waals surface area contributed by atoms with Crippen LogP contribution in [-0.2, 0) is 0 Å². The number of likely N-dealkylation sites (N-methyl/N-ethyl adjacent to an activating group) is 1. The van der Waals surface area contributed by atoms with Crippen molar-refractivity contribution in [3.8, 4) is 5.88 Å². The lowest BCUT2D eigenvalue weighted by molar-refractivity contribution is 0.106. The minimum atomic E-state index is -0.229. The number of nitrogens with zero attached hydrogens (tertiary/aromatic N) is 2. The summed E-state index contributed by atoms with van der Waals surface area (Å²) >= 11 is 0. The van der Waals surface area contributed by atoms with Gasteiger partial charge < -0.3 is 14.7 Å². The minimum Gasteiger partial charge on any atom is -0.481 e. The standard InChI is InChI=1S/C13H20N2O2/c1-15(11-5-3-4-6-12(11)16)10-7-8-14-13(9-10)17-2/h7-9,11-12,16H,3-6H2,1-2H3. The Morgan fingerprint density at radius 2 is 2.18 bits per heavy atom. The Balaban J connectivity index is 2.14. The number of pyridine rings is 1. The Labute approximate surface area is 102 Å². The van der Waals surface area contributed by atoms with Gasteiger partial charge in [-0.15, -0.1) is 0 Å². The molecule has 0 saturated heterocycles. The number of rotatable bonds is 3. The normalized spacial score (nSPS) is 24.4. The minimum absolute atomic E-state index is 0.204. The predicted molar refractivity (Wildman–Crippen MR) is 67.5 cm³/mol. The molecular weight excluding hydrogens is 216 g/mol. The number of hydrogen-bond donors (Lipinski definition) is 1. The summed E-state index contributed by atoms with van der Waals surface area (Å²) in [5.41, 5.74) is 1.04. The second-order valence-electron chi connectivity index (χ2n) is 4.59. The molecule has 1 aliphatic rings. The molecule has 17 heavy (non-hydrogen) atoms. The van der Waals surface area contributed by atoms with E-state index in [9.17, 15) is 5.11 Å². The number of ether oxygens (including phenoxy) is 1. The number of methoxy groups -OCH3 is 1. The molecule has 0 spiro atoms. The van der Waals surface area contributed by atoms with Crippen molar-refractivity contribution in [2.75, 3.05) is 19.1 Å². The molecule has 0 bridgehead atoms. The van der Waals surface area contributed by atoms with E-state index in [0.717, 1.165) is 24.9 Å². The molecule has 2 unspecified atom stereocenters. The van der Waals surface area contributed by atoms with Crippen molar-refractivity contribution in [3.63, 3.8) is 0 Å². The van der Waals surface area contributed by atoms with E-state index >= 15 is 0 Å². The molecule has 2 atom stereocenters. The van der Waals surface area contributed by atoms with Crippen molar-refractivity contribution in [2.24, 2.45) is 0 Å². The maximum Gasteiger partial charge on any atom is 0.214 e. The van der Waals surface area contributed by atoms with Crippen molar-refractivity contribution >= 4 is 5.69 Å². The van der Waals surface area contributed by atoms with Crippen LogP contribution < -0.4 is 9.64 Å². The maximum absolute atomic E-state index is 10.0. The largest absolute Gasteiger partial charge is 0.481 e. The van der Waals surface area contributed by atoms with Crippen LogP contribution in [0.5, 0.6) is 5.88 Å². The summed E-state index contributed by atoms with van der Waals surface area (Å²) in [5.74, 6) is 0.611. The molecule has 0 aromatic carbocycles. The molecule has 0 radical (unpaired) electrons. The smallest absolute Gasteiger partial charge is 0.214 e. The van der Waals surface area contributed by atoms with E-state index in [1.807, 2.05) is 19.2 Å². The zero-order valence-electron chi connectivity index (χ0n) is 10.5. The van der Waals surface area contributed by atoms with Gasteiger partial charge in [-0.1, -0.05) is 12.8 Å². The highest BCUT2D eigenvalue weighted by Gasteiger charge is 2.26. The van der Waals surface area contributed by atoms with Gasteiger partial charge in [-0.25, -0.2) is 4.98 Å². The Bertz CT molecular complexity index is 370. The number of aromatic nitrogens is 1. The van der Waals surface area contributed by atoms with E-state index in [4.69, 9.17) is 4.74 Å². The van der Waals surface area contributed by atoms with Crippen molar-refractivity contribution in [2.45, 2.75) is 37.8 Å². The predicted octanol–water partition coefficient (Wildman–Crippen LogP) is 1.83. The highest BCUT2D eigenvalue weighted by molar-refractivity contribution is 5.48. The molecule has 0 amide bonds. The molecule has 1 N–H and O–H groups in total. The van der Waals surface area contributed by atoms with Crippen LogP contribution in [0, 0.1) is 0 Å². The summed E-state index contributed by atoms with van der Waals surface area (Å²) in [6.07, 6.45) is 5.77. The zero-order chi connectivity index (χ0) is 12.3. The highest BCUT2D eigenvalue weighted by atomic mass is 16.5. The van der Waals surface area contributed by atoms with Gasteiger partial charge >= 0.3 is 0 Å². The highest BCUT2D eigenvalue weighted by Crippen LogP contribution is 2.27. The molecule has 1 aromatic heterocycles. The van der Waals surface area contributed by atoms with Crippen LogP contribution in [0.4, 0.5) is 5.69 Å². The van der Waals surface area contributed by atoms with Crippen molar-refractivity contribution in [1.29, 1.82) is 0 Å². The van der Waals surface area contributed by atoms with E-state index in [1.165, 1.54) is 6.42 Å². The van der Waals surface area contributed by atoms with Gasteiger partial charge in [-0.2, -0.15) is 0 Å². The van der Waals surface area contributed by atoms with Crippen LogP contribution in [0.25, 0.3) is 0 Å². The number of anilines is 1. The third-order valence-electron chi connectivity index (χ3n) is 3.53. The first-order valence-corrected chi connectivity index (χ1v) is 6.13. The summed E-state index contributed by atoms with van der Waals surface area (Å²) in [5, 5.41) is 10.0. The molecule has 1 saturated carbocycles. The second kappa shape index (κ2) is 5.36. The van der Waals surface area contributed by atoms with Gasteiger partial charge in [0.15, 0.2) is 0 Å². The average Bonchev–Trinajstić information content (AvgIpc) is 2.38. The van der Waals surface area contributed by atoms with Crippen LogP contribution in [0.2, 0.25) is 0 Å². The van der Waals surface area contributed by atoms with Gasteiger partial charge in [0.05, 0.1) is 19.3 Å². The average molecular weight is 236 g/mol. The van der Waals surface area contributed by atoms with E-state index in [0.29, 0.717) is 5.88 Å². The summed E-state index contributed by atoms with van der Waals surface area (Å²) in [6.45, 7) is 0. The topological polar surface area (TPSA) is 45.6 Å². The quantitative estimate of drug-likeness (QED) is 0.869. The number of aliphatic hydroxyl groups excluding tert-OH is 1. The Hall–Kier alpha value is -1.29. The molecule has 4 heteroatoms. The fourth-order valence-corrected chi connectivity index (χ4v) is 2.46. The fourth-order valence-electron chi connectivity index (χ4n) is 2.46. The Morgan fingerprint density at radius 1 is 1.41 bits per heavy atom. The van der Waals surface area contributed by atoms with Crippen molar-refractivity contribution in [1.82, 2.24) is 4.98 Å². The lowest BCUT2D eigenvalue weighted by atomic mass is 9.91. The van der Waals surface area contributed by atoms with Gasteiger partial charge in [-0.05, 0) is 18.9 Å². The van der Waals surface area contributed by atoms with Crippen LogP contribution in [0.1, 0.15) is 25.7 Å².